The van der Waals surface area contributed by atoms with Crippen LogP contribution in [0, 0.1) is 0 Å². The summed E-state index contributed by atoms with van der Waals surface area (Å²) in [6.45, 7) is 2.29. The average molecular weight is 454 g/mol. The predicted octanol–water partition coefficient (Wildman–Crippen LogP) is 8.26. The molecule has 0 spiro atoms. The summed E-state index contributed by atoms with van der Waals surface area (Å²) in [5.74, 6) is -1.34. The van der Waals surface area contributed by atoms with Crippen LogP contribution in [0.4, 0.5) is 0 Å². The zero-order chi connectivity index (χ0) is 23.5. The molecule has 0 aromatic rings. The van der Waals surface area contributed by atoms with Crippen molar-refractivity contribution in [3.63, 3.8) is 0 Å². The van der Waals surface area contributed by atoms with E-state index in [1.807, 2.05) is 0 Å². The number of carbonyl (C=O) groups excluding carboxylic acids is 1. The van der Waals surface area contributed by atoms with Gasteiger partial charge in [-0.05, 0) is 6.42 Å². The summed E-state index contributed by atoms with van der Waals surface area (Å²) < 4.78 is 0. The molecular weight excluding hydrogens is 396 g/mol. The van der Waals surface area contributed by atoms with Crippen molar-refractivity contribution in [1.82, 2.24) is 0 Å². The molecule has 0 radical (unpaired) electrons. The van der Waals surface area contributed by atoms with Gasteiger partial charge in [0.15, 0.2) is 0 Å². The van der Waals surface area contributed by atoms with Gasteiger partial charge in [-0.25, -0.2) is 0 Å². The number of hydrogen-bond acceptors (Lipinski definition) is 3. The number of unbranched alkanes of at least 4 members (excludes halogenated alkanes) is 24. The first-order valence-electron chi connectivity index (χ1n) is 14.6. The maximum atomic E-state index is 10.4. The Morgan fingerprint density at radius 3 is 0.938 bits per heavy atom. The van der Waals surface area contributed by atoms with Crippen molar-refractivity contribution in [3.05, 3.63) is 0 Å². The summed E-state index contributed by atoms with van der Waals surface area (Å²) >= 11 is 0. The first kappa shape index (κ1) is 31.4. The fraction of sp³-hybridized carbons (Fsp3) is 0.966. The Balaban J connectivity index is 3.04. The van der Waals surface area contributed by atoms with E-state index < -0.39 is 12.1 Å². The highest BCUT2D eigenvalue weighted by Gasteiger charge is 2.03. The second-order valence-corrected chi connectivity index (χ2v) is 10.1. The smallest absolute Gasteiger partial charge is 0.0933 e. The van der Waals surface area contributed by atoms with E-state index >= 15 is 0 Å². The predicted molar refractivity (Wildman–Crippen MR) is 137 cm³/mol. The molecule has 0 saturated heterocycles. The van der Waals surface area contributed by atoms with Gasteiger partial charge in [0, 0.05) is 0 Å². The highest BCUT2D eigenvalue weighted by molar-refractivity contribution is 5.69. The molecule has 3 heteroatoms. The van der Waals surface area contributed by atoms with Gasteiger partial charge >= 0.3 is 0 Å². The zero-order valence-corrected chi connectivity index (χ0v) is 21.7. The van der Waals surface area contributed by atoms with Crippen molar-refractivity contribution in [2.45, 2.75) is 180 Å². The number of rotatable bonds is 27. The second-order valence-electron chi connectivity index (χ2n) is 10.1. The lowest BCUT2D eigenvalue weighted by atomic mass is 10.0. The lowest BCUT2D eigenvalue weighted by Crippen LogP contribution is -2.35. The number of aliphatic hydroxyl groups excluding tert-OH is 1. The molecule has 1 unspecified atom stereocenters. The molecule has 1 atom stereocenters. The highest BCUT2D eigenvalue weighted by atomic mass is 16.4. The molecule has 0 rings (SSSR count). The van der Waals surface area contributed by atoms with E-state index in [1.165, 1.54) is 141 Å². The van der Waals surface area contributed by atoms with Crippen molar-refractivity contribution < 1.29 is 15.0 Å². The van der Waals surface area contributed by atoms with Gasteiger partial charge in [-0.1, -0.05) is 167 Å². The number of aliphatic carboxylic acids is 1. The van der Waals surface area contributed by atoms with Gasteiger partial charge in [-0.3, -0.25) is 0 Å². The SMILES string of the molecule is CCCCCCCCCCCCCCCCCCCCCCCCCCCC(O)C(=O)[O-]. The lowest BCUT2D eigenvalue weighted by Gasteiger charge is -2.10. The third-order valence-corrected chi connectivity index (χ3v) is 6.85. The first-order valence-corrected chi connectivity index (χ1v) is 14.6. The monoisotopic (exact) mass is 453 g/mol. The molecule has 3 nitrogen and oxygen atoms in total. The van der Waals surface area contributed by atoms with Crippen molar-refractivity contribution in [2.24, 2.45) is 0 Å². The minimum absolute atomic E-state index is 0.335. The molecular formula is C29H57O3-. The van der Waals surface area contributed by atoms with Crippen LogP contribution in [0.2, 0.25) is 0 Å². The Bertz CT molecular complexity index is 369. The minimum atomic E-state index is -1.34. The molecule has 0 aromatic heterocycles. The molecule has 0 amide bonds. The van der Waals surface area contributed by atoms with Crippen molar-refractivity contribution in [2.75, 3.05) is 0 Å². The van der Waals surface area contributed by atoms with E-state index in [0.717, 1.165) is 19.3 Å². The molecule has 0 heterocycles. The fourth-order valence-corrected chi connectivity index (χ4v) is 4.59. The third kappa shape index (κ3) is 25.7. The van der Waals surface area contributed by atoms with Crippen LogP contribution in [-0.2, 0) is 4.79 Å². The van der Waals surface area contributed by atoms with Crippen LogP contribution in [0.15, 0.2) is 0 Å². The summed E-state index contributed by atoms with van der Waals surface area (Å²) in [6.07, 6.45) is 33.1. The standard InChI is InChI=1S/C29H58O3/c1-2-3-4-5-6-7-8-9-10-11-12-13-14-15-16-17-18-19-20-21-22-23-24-25-26-27-28(30)29(31)32/h28,30H,2-27H2,1H3,(H,31,32)/p-1. The van der Waals surface area contributed by atoms with Crippen molar-refractivity contribution >= 4 is 5.97 Å². The van der Waals surface area contributed by atoms with Crippen LogP contribution in [0.3, 0.4) is 0 Å². The van der Waals surface area contributed by atoms with Crippen LogP contribution in [0.1, 0.15) is 174 Å². The normalized spacial score (nSPS) is 12.3. The molecule has 0 aromatic carbocycles. The van der Waals surface area contributed by atoms with Crippen molar-refractivity contribution in [1.29, 1.82) is 0 Å². The Kier molecular flexibility index (Phi) is 26.2. The first-order chi connectivity index (χ1) is 15.7. The topological polar surface area (TPSA) is 60.4 Å². The van der Waals surface area contributed by atoms with Crippen LogP contribution < -0.4 is 5.11 Å². The van der Waals surface area contributed by atoms with Crippen LogP contribution in [0.25, 0.3) is 0 Å². The number of carbonyl (C=O) groups is 1. The summed E-state index contributed by atoms with van der Waals surface area (Å²) in [5, 5.41) is 19.6. The molecule has 0 fully saturated rings. The second kappa shape index (κ2) is 26.7. The number of carboxylic acids is 1. The molecule has 0 aliphatic rings. The van der Waals surface area contributed by atoms with Gasteiger partial charge in [-0.15, -0.1) is 0 Å². The molecule has 32 heavy (non-hydrogen) atoms. The zero-order valence-electron chi connectivity index (χ0n) is 21.7. The molecule has 0 aliphatic carbocycles. The lowest BCUT2D eigenvalue weighted by molar-refractivity contribution is -0.315. The van der Waals surface area contributed by atoms with E-state index in [-0.39, 0.29) is 0 Å². The third-order valence-electron chi connectivity index (χ3n) is 6.85. The van der Waals surface area contributed by atoms with Crippen LogP contribution in [-0.4, -0.2) is 17.2 Å². The Hall–Kier alpha value is -0.570. The molecule has 0 aliphatic heterocycles. The number of hydrogen-bond donors (Lipinski definition) is 1. The van der Waals surface area contributed by atoms with Gasteiger partial charge in [0.05, 0.1) is 12.1 Å². The summed E-state index contributed by atoms with van der Waals surface area (Å²) in [5.41, 5.74) is 0. The maximum Gasteiger partial charge on any atom is 0.0933 e. The molecule has 192 valence electrons. The van der Waals surface area contributed by atoms with Gasteiger partial charge in [0.1, 0.15) is 0 Å². The molecule has 1 N–H and O–H groups in total. The van der Waals surface area contributed by atoms with E-state index in [2.05, 4.69) is 6.92 Å². The fourth-order valence-electron chi connectivity index (χ4n) is 4.59. The van der Waals surface area contributed by atoms with Crippen LogP contribution in [0.5, 0.6) is 0 Å². The van der Waals surface area contributed by atoms with Gasteiger partial charge < -0.3 is 15.0 Å². The van der Waals surface area contributed by atoms with E-state index in [4.69, 9.17) is 5.11 Å². The summed E-state index contributed by atoms with van der Waals surface area (Å²) in [6, 6.07) is 0. The largest absolute Gasteiger partial charge is 0.547 e. The number of carboxylic acid groups (broad SMARTS) is 1. The quantitative estimate of drug-likeness (QED) is 0.127. The number of aliphatic hydroxyl groups is 1. The minimum Gasteiger partial charge on any atom is -0.547 e. The molecule has 0 saturated carbocycles. The van der Waals surface area contributed by atoms with Gasteiger partial charge in [-0.2, -0.15) is 0 Å². The Morgan fingerprint density at radius 1 is 0.500 bits per heavy atom. The Morgan fingerprint density at radius 2 is 0.719 bits per heavy atom. The van der Waals surface area contributed by atoms with Crippen LogP contribution >= 0.6 is 0 Å². The average Bonchev–Trinajstić information content (AvgIpc) is 2.78. The van der Waals surface area contributed by atoms with E-state index in [1.54, 1.807) is 0 Å². The van der Waals surface area contributed by atoms with E-state index in [0.29, 0.717) is 6.42 Å². The van der Waals surface area contributed by atoms with Gasteiger partial charge in [0.2, 0.25) is 0 Å². The Labute approximate surface area is 201 Å². The van der Waals surface area contributed by atoms with Gasteiger partial charge in [0.25, 0.3) is 0 Å². The van der Waals surface area contributed by atoms with E-state index in [9.17, 15) is 9.90 Å². The molecule has 0 bridgehead atoms. The summed E-state index contributed by atoms with van der Waals surface area (Å²) in [4.78, 5) is 10.4. The maximum absolute atomic E-state index is 10.4. The summed E-state index contributed by atoms with van der Waals surface area (Å²) in [7, 11) is 0. The highest BCUT2D eigenvalue weighted by Crippen LogP contribution is 2.16. The van der Waals surface area contributed by atoms with Crippen molar-refractivity contribution in [3.8, 4) is 0 Å².